The van der Waals surface area contributed by atoms with Crippen LogP contribution in [0.2, 0.25) is 0 Å². The van der Waals surface area contributed by atoms with E-state index >= 15 is 0 Å². The molecule has 1 aromatic rings. The summed E-state index contributed by atoms with van der Waals surface area (Å²) < 4.78 is 5.67. The van der Waals surface area contributed by atoms with Gasteiger partial charge in [0, 0.05) is 0 Å². The predicted octanol–water partition coefficient (Wildman–Crippen LogP) is 2.36. The Bertz CT molecular complexity index is 642. The normalized spacial score (nSPS) is 30.2. The molecule has 2 bridgehead atoms. The Morgan fingerprint density at radius 3 is 2.48 bits per heavy atom. The minimum Gasteiger partial charge on any atom is -0.481 e. The molecule has 0 unspecified atom stereocenters. The zero-order valence-corrected chi connectivity index (χ0v) is 13.7. The van der Waals surface area contributed by atoms with Gasteiger partial charge in [0.15, 0.2) is 0 Å². The smallest absolute Gasteiger partial charge is 0.310 e. The standard InChI is InChI=1S/C18H23NO4/c1-9-4-5-12(10(2)8-9)11(3)19-17(20)15-13-6-7-14(23-13)16(15)18(21)22/h4-5,8,11,13-16H,6-7H2,1-3H3,(H,19,20)(H,21,22)/t11-,13+,14+,15-,16-/m0/s1. The van der Waals surface area contributed by atoms with Crippen molar-refractivity contribution in [1.82, 2.24) is 5.32 Å². The Hall–Kier alpha value is -1.88. The quantitative estimate of drug-likeness (QED) is 0.894. The van der Waals surface area contributed by atoms with Crippen LogP contribution in [0.4, 0.5) is 0 Å². The molecule has 2 saturated heterocycles. The number of carbonyl (C=O) groups excluding carboxylic acids is 1. The Labute approximate surface area is 136 Å². The average Bonchev–Trinajstić information content (AvgIpc) is 3.07. The average molecular weight is 317 g/mol. The first-order valence-electron chi connectivity index (χ1n) is 8.14. The SMILES string of the molecule is Cc1ccc([C@H](C)NC(=O)[C@@H]2[C@@H](C(=O)O)[C@H]3CC[C@H]2O3)c(C)c1. The molecular weight excluding hydrogens is 294 g/mol. The van der Waals surface area contributed by atoms with Gasteiger partial charge in [-0.15, -0.1) is 0 Å². The van der Waals surface area contributed by atoms with Gasteiger partial charge in [-0.3, -0.25) is 9.59 Å². The van der Waals surface area contributed by atoms with Crippen LogP contribution in [0, 0.1) is 25.7 Å². The summed E-state index contributed by atoms with van der Waals surface area (Å²) in [6, 6.07) is 5.96. The van der Waals surface area contributed by atoms with Crippen LogP contribution in [0.15, 0.2) is 18.2 Å². The molecular formula is C18H23NO4. The van der Waals surface area contributed by atoms with Crippen molar-refractivity contribution in [2.45, 2.75) is 51.9 Å². The zero-order valence-electron chi connectivity index (χ0n) is 13.7. The van der Waals surface area contributed by atoms with E-state index in [1.165, 1.54) is 5.56 Å². The van der Waals surface area contributed by atoms with Crippen LogP contribution >= 0.6 is 0 Å². The van der Waals surface area contributed by atoms with Crippen LogP contribution in [0.3, 0.4) is 0 Å². The van der Waals surface area contributed by atoms with Crippen LogP contribution in [-0.2, 0) is 14.3 Å². The number of carboxylic acid groups (broad SMARTS) is 1. The van der Waals surface area contributed by atoms with E-state index in [-0.39, 0.29) is 24.2 Å². The van der Waals surface area contributed by atoms with Crippen molar-refractivity contribution in [3.05, 3.63) is 34.9 Å². The summed E-state index contributed by atoms with van der Waals surface area (Å²) in [5.74, 6) is -2.45. The molecule has 2 aliphatic heterocycles. The molecule has 2 fully saturated rings. The van der Waals surface area contributed by atoms with Crippen molar-refractivity contribution in [3.63, 3.8) is 0 Å². The van der Waals surface area contributed by atoms with E-state index < -0.39 is 17.8 Å². The summed E-state index contributed by atoms with van der Waals surface area (Å²) in [5.41, 5.74) is 3.36. The first kappa shape index (κ1) is 16.0. The third-order valence-corrected chi connectivity index (χ3v) is 5.11. The van der Waals surface area contributed by atoms with Gasteiger partial charge in [-0.05, 0) is 44.7 Å². The Kier molecular flexibility index (Phi) is 4.15. The van der Waals surface area contributed by atoms with Gasteiger partial charge in [0.05, 0.1) is 30.1 Å². The highest BCUT2D eigenvalue weighted by atomic mass is 16.5. The second-order valence-electron chi connectivity index (χ2n) is 6.77. The molecule has 5 nitrogen and oxygen atoms in total. The lowest BCUT2D eigenvalue weighted by atomic mass is 9.78. The fourth-order valence-electron chi connectivity index (χ4n) is 4.02. The molecule has 1 aromatic carbocycles. The van der Waals surface area contributed by atoms with E-state index in [4.69, 9.17) is 4.74 Å². The molecule has 2 aliphatic rings. The van der Waals surface area contributed by atoms with E-state index in [1.807, 2.05) is 32.9 Å². The molecule has 2 N–H and O–H groups in total. The van der Waals surface area contributed by atoms with Crippen LogP contribution < -0.4 is 5.32 Å². The molecule has 124 valence electrons. The highest BCUT2D eigenvalue weighted by Crippen LogP contribution is 2.43. The van der Waals surface area contributed by atoms with Gasteiger partial charge in [-0.1, -0.05) is 23.8 Å². The second kappa shape index (κ2) is 5.96. The number of benzene rings is 1. The monoisotopic (exact) mass is 317 g/mol. The molecule has 3 rings (SSSR count). The van der Waals surface area contributed by atoms with E-state index in [2.05, 4.69) is 11.4 Å². The maximum Gasteiger partial charge on any atom is 0.310 e. The maximum absolute atomic E-state index is 12.7. The van der Waals surface area contributed by atoms with Crippen LogP contribution in [0.5, 0.6) is 0 Å². The van der Waals surface area contributed by atoms with Gasteiger partial charge >= 0.3 is 5.97 Å². The van der Waals surface area contributed by atoms with Gasteiger partial charge in [0.2, 0.25) is 5.91 Å². The lowest BCUT2D eigenvalue weighted by molar-refractivity contribution is -0.148. The van der Waals surface area contributed by atoms with E-state index in [0.717, 1.165) is 24.0 Å². The second-order valence-corrected chi connectivity index (χ2v) is 6.77. The summed E-state index contributed by atoms with van der Waals surface area (Å²) in [6.07, 6.45) is 0.930. The molecule has 5 atom stereocenters. The molecule has 1 amide bonds. The fourth-order valence-corrected chi connectivity index (χ4v) is 4.02. The first-order chi connectivity index (χ1) is 10.9. The number of carbonyl (C=O) groups is 2. The number of hydrogen-bond acceptors (Lipinski definition) is 3. The van der Waals surface area contributed by atoms with Crippen LogP contribution in [-0.4, -0.2) is 29.2 Å². The predicted molar refractivity (Wildman–Crippen MR) is 85.0 cm³/mol. The van der Waals surface area contributed by atoms with Crippen molar-refractivity contribution >= 4 is 11.9 Å². The highest BCUT2D eigenvalue weighted by molar-refractivity contribution is 5.86. The molecule has 5 heteroatoms. The number of carboxylic acids is 1. The lowest BCUT2D eigenvalue weighted by Gasteiger charge is -2.26. The largest absolute Gasteiger partial charge is 0.481 e. The van der Waals surface area contributed by atoms with E-state index in [9.17, 15) is 14.7 Å². The van der Waals surface area contributed by atoms with Crippen LogP contribution in [0.1, 0.15) is 42.5 Å². The van der Waals surface area contributed by atoms with Crippen molar-refractivity contribution in [1.29, 1.82) is 0 Å². The van der Waals surface area contributed by atoms with Crippen LogP contribution in [0.25, 0.3) is 0 Å². The Balaban J connectivity index is 1.74. The molecule has 2 heterocycles. The van der Waals surface area contributed by atoms with Crippen molar-refractivity contribution in [2.24, 2.45) is 11.8 Å². The van der Waals surface area contributed by atoms with Gasteiger partial charge in [-0.2, -0.15) is 0 Å². The molecule has 0 aromatic heterocycles. The zero-order chi connectivity index (χ0) is 16.7. The van der Waals surface area contributed by atoms with E-state index in [1.54, 1.807) is 0 Å². The van der Waals surface area contributed by atoms with Gasteiger partial charge in [-0.25, -0.2) is 0 Å². The molecule has 0 aliphatic carbocycles. The molecule has 23 heavy (non-hydrogen) atoms. The topological polar surface area (TPSA) is 75.6 Å². The van der Waals surface area contributed by atoms with Gasteiger partial charge in [0.25, 0.3) is 0 Å². The number of ether oxygens (including phenoxy) is 1. The summed E-state index contributed by atoms with van der Waals surface area (Å²) in [7, 11) is 0. The summed E-state index contributed by atoms with van der Waals surface area (Å²) in [4.78, 5) is 24.2. The number of amides is 1. The number of aryl methyl sites for hydroxylation is 2. The van der Waals surface area contributed by atoms with Crippen molar-refractivity contribution < 1.29 is 19.4 Å². The summed E-state index contributed by atoms with van der Waals surface area (Å²) in [6.45, 7) is 5.98. The van der Waals surface area contributed by atoms with Crippen molar-refractivity contribution in [3.8, 4) is 0 Å². The van der Waals surface area contributed by atoms with Gasteiger partial charge in [0.1, 0.15) is 0 Å². The maximum atomic E-state index is 12.7. The first-order valence-corrected chi connectivity index (χ1v) is 8.14. The number of aliphatic carboxylic acids is 1. The van der Waals surface area contributed by atoms with E-state index in [0.29, 0.717) is 0 Å². The fraction of sp³-hybridized carbons (Fsp3) is 0.556. The molecule has 0 radical (unpaired) electrons. The van der Waals surface area contributed by atoms with Crippen molar-refractivity contribution in [2.75, 3.05) is 0 Å². The van der Waals surface area contributed by atoms with Gasteiger partial charge < -0.3 is 15.2 Å². The molecule has 0 spiro atoms. The minimum atomic E-state index is -0.934. The minimum absolute atomic E-state index is 0.156. The highest BCUT2D eigenvalue weighted by Gasteiger charge is 2.55. The number of nitrogens with one attached hydrogen (secondary N) is 1. The number of rotatable bonds is 4. The summed E-state index contributed by atoms with van der Waals surface area (Å²) in [5, 5.41) is 12.4. The number of hydrogen-bond donors (Lipinski definition) is 2. The number of fused-ring (bicyclic) bond motifs is 2. The lowest BCUT2D eigenvalue weighted by Crippen LogP contribution is -2.44. The third kappa shape index (κ3) is 2.85. The Morgan fingerprint density at radius 2 is 1.87 bits per heavy atom. The summed E-state index contributed by atoms with van der Waals surface area (Å²) >= 11 is 0. The third-order valence-electron chi connectivity index (χ3n) is 5.11. The molecule has 0 saturated carbocycles. The Morgan fingerprint density at radius 1 is 1.22 bits per heavy atom.